The van der Waals surface area contributed by atoms with Crippen molar-refractivity contribution in [2.45, 2.75) is 32.9 Å². The molecule has 0 bridgehead atoms. The zero-order valence-corrected chi connectivity index (χ0v) is 15.2. The molecule has 0 aliphatic heterocycles. The maximum atomic E-state index is 13.3. The molecular formula is C18H17F3N4S. The van der Waals surface area contributed by atoms with E-state index in [1.807, 2.05) is 25.1 Å². The number of anilines is 2. The molecule has 8 heteroatoms. The van der Waals surface area contributed by atoms with Gasteiger partial charge in [-0.3, -0.25) is 4.98 Å². The lowest BCUT2D eigenvalue weighted by Gasteiger charge is -2.16. The van der Waals surface area contributed by atoms with Gasteiger partial charge in [-0.15, -0.1) is 11.3 Å². The summed E-state index contributed by atoms with van der Waals surface area (Å²) in [5.41, 5.74) is 0.914. The molecule has 3 rings (SSSR count). The van der Waals surface area contributed by atoms with Crippen molar-refractivity contribution in [2.75, 3.05) is 5.32 Å². The summed E-state index contributed by atoms with van der Waals surface area (Å²) in [5, 5.41) is 3.36. The molecule has 0 saturated heterocycles. The van der Waals surface area contributed by atoms with Gasteiger partial charge in [0.25, 0.3) is 0 Å². The third-order valence-corrected chi connectivity index (χ3v) is 4.69. The number of nitrogens with zero attached hydrogens (tertiary/aromatic N) is 3. The topological polar surface area (TPSA) is 50.7 Å². The van der Waals surface area contributed by atoms with E-state index >= 15 is 0 Å². The minimum atomic E-state index is -4.43. The molecule has 26 heavy (non-hydrogen) atoms. The van der Waals surface area contributed by atoms with Gasteiger partial charge in [0.1, 0.15) is 11.5 Å². The van der Waals surface area contributed by atoms with Crippen molar-refractivity contribution in [3.63, 3.8) is 0 Å². The quantitative estimate of drug-likeness (QED) is 0.624. The fraction of sp³-hybridized carbons (Fsp3) is 0.278. The standard InChI is InChI=1S/C18H17F3N4S/c1-10(2)12-9-23-15(8-13(12)18(19,20)21)24-17-25-16(11(3)26-17)14-6-4-5-7-22-14/h4-10H,1-3H3,(H,23,24,25). The van der Waals surface area contributed by atoms with E-state index in [9.17, 15) is 13.2 Å². The number of hydrogen-bond donors (Lipinski definition) is 1. The van der Waals surface area contributed by atoms with Crippen molar-refractivity contribution in [3.05, 3.63) is 52.7 Å². The normalized spacial score (nSPS) is 11.8. The second-order valence-corrected chi connectivity index (χ2v) is 7.28. The highest BCUT2D eigenvalue weighted by Gasteiger charge is 2.34. The molecule has 0 unspecified atom stereocenters. The molecule has 0 radical (unpaired) electrons. The van der Waals surface area contributed by atoms with Crippen LogP contribution in [0.15, 0.2) is 36.7 Å². The predicted octanol–water partition coefficient (Wildman–Crippen LogP) is 5.79. The third-order valence-electron chi connectivity index (χ3n) is 3.80. The average Bonchev–Trinajstić information content (AvgIpc) is 2.95. The number of rotatable bonds is 4. The van der Waals surface area contributed by atoms with Gasteiger partial charge in [0.2, 0.25) is 0 Å². The Kier molecular flexibility index (Phi) is 4.95. The molecule has 0 aliphatic rings. The lowest BCUT2D eigenvalue weighted by atomic mass is 9.99. The number of thiazole rings is 1. The molecule has 0 aliphatic carbocycles. The summed E-state index contributed by atoms with van der Waals surface area (Å²) in [6.45, 7) is 5.31. The molecule has 3 aromatic heterocycles. The van der Waals surface area contributed by atoms with E-state index in [0.29, 0.717) is 16.5 Å². The highest BCUT2D eigenvalue weighted by molar-refractivity contribution is 7.16. The molecular weight excluding hydrogens is 361 g/mol. The van der Waals surface area contributed by atoms with Crippen molar-refractivity contribution in [1.82, 2.24) is 15.0 Å². The van der Waals surface area contributed by atoms with Crippen LogP contribution in [-0.2, 0) is 6.18 Å². The Morgan fingerprint density at radius 3 is 2.54 bits per heavy atom. The van der Waals surface area contributed by atoms with Crippen LogP contribution in [0.2, 0.25) is 0 Å². The van der Waals surface area contributed by atoms with Gasteiger partial charge in [0, 0.05) is 17.3 Å². The molecule has 0 amide bonds. The first-order valence-corrected chi connectivity index (χ1v) is 8.80. The van der Waals surface area contributed by atoms with Crippen molar-refractivity contribution in [1.29, 1.82) is 0 Å². The van der Waals surface area contributed by atoms with E-state index in [1.54, 1.807) is 20.0 Å². The number of alkyl halides is 3. The summed E-state index contributed by atoms with van der Waals surface area (Å²) in [5.74, 6) is -0.158. The lowest BCUT2D eigenvalue weighted by Crippen LogP contribution is -2.11. The first-order chi connectivity index (χ1) is 12.3. The van der Waals surface area contributed by atoms with Gasteiger partial charge in [-0.2, -0.15) is 13.2 Å². The zero-order chi connectivity index (χ0) is 18.9. The highest BCUT2D eigenvalue weighted by atomic mass is 32.1. The molecule has 0 aromatic carbocycles. The molecule has 0 fully saturated rings. The average molecular weight is 378 g/mol. The predicted molar refractivity (Wildman–Crippen MR) is 96.7 cm³/mol. The maximum absolute atomic E-state index is 13.3. The van der Waals surface area contributed by atoms with E-state index in [0.717, 1.165) is 10.9 Å². The van der Waals surface area contributed by atoms with Gasteiger partial charge >= 0.3 is 6.18 Å². The summed E-state index contributed by atoms with van der Waals surface area (Å²) in [6.07, 6.45) is -1.49. The van der Waals surface area contributed by atoms with E-state index < -0.39 is 11.7 Å². The fourth-order valence-electron chi connectivity index (χ4n) is 2.54. The molecule has 0 saturated carbocycles. The Labute approximate surface area is 153 Å². The minimum absolute atomic E-state index is 0.114. The van der Waals surface area contributed by atoms with Gasteiger partial charge < -0.3 is 5.32 Å². The lowest BCUT2D eigenvalue weighted by molar-refractivity contribution is -0.138. The van der Waals surface area contributed by atoms with Crippen LogP contribution in [0, 0.1) is 6.92 Å². The van der Waals surface area contributed by atoms with Crippen LogP contribution in [0.25, 0.3) is 11.4 Å². The first-order valence-electron chi connectivity index (χ1n) is 7.98. The van der Waals surface area contributed by atoms with Gasteiger partial charge in [0.15, 0.2) is 5.13 Å². The molecule has 3 heterocycles. The highest BCUT2D eigenvalue weighted by Crippen LogP contribution is 2.37. The molecule has 1 N–H and O–H groups in total. The largest absolute Gasteiger partial charge is 0.416 e. The van der Waals surface area contributed by atoms with E-state index in [2.05, 4.69) is 20.3 Å². The van der Waals surface area contributed by atoms with Crippen molar-refractivity contribution >= 4 is 22.3 Å². The van der Waals surface area contributed by atoms with Gasteiger partial charge in [0.05, 0.1) is 11.3 Å². The van der Waals surface area contributed by atoms with Gasteiger partial charge in [-0.05, 0) is 36.6 Å². The van der Waals surface area contributed by atoms with Crippen LogP contribution >= 0.6 is 11.3 Å². The summed E-state index contributed by atoms with van der Waals surface area (Å²) in [7, 11) is 0. The van der Waals surface area contributed by atoms with Crippen LogP contribution in [0.5, 0.6) is 0 Å². The molecule has 3 aromatic rings. The number of halogens is 3. The second kappa shape index (κ2) is 7.03. The first kappa shape index (κ1) is 18.3. The Balaban J connectivity index is 1.93. The SMILES string of the molecule is Cc1sc(Nc2cc(C(F)(F)F)c(C(C)C)cn2)nc1-c1ccccn1. The van der Waals surface area contributed by atoms with E-state index in [1.165, 1.54) is 17.5 Å². The van der Waals surface area contributed by atoms with Crippen molar-refractivity contribution in [3.8, 4) is 11.4 Å². The maximum Gasteiger partial charge on any atom is 0.416 e. The Bertz CT molecular complexity index is 905. The second-order valence-electron chi connectivity index (χ2n) is 6.07. The minimum Gasteiger partial charge on any atom is -0.316 e. The number of aryl methyl sites for hydroxylation is 1. The monoisotopic (exact) mass is 378 g/mol. The molecule has 0 spiro atoms. The third kappa shape index (κ3) is 3.85. The molecule has 0 atom stereocenters. The number of pyridine rings is 2. The molecule has 4 nitrogen and oxygen atoms in total. The van der Waals surface area contributed by atoms with Crippen molar-refractivity contribution < 1.29 is 13.2 Å². The van der Waals surface area contributed by atoms with Gasteiger partial charge in [-0.25, -0.2) is 9.97 Å². The smallest absolute Gasteiger partial charge is 0.316 e. The van der Waals surface area contributed by atoms with Crippen LogP contribution < -0.4 is 5.32 Å². The van der Waals surface area contributed by atoms with Gasteiger partial charge in [-0.1, -0.05) is 19.9 Å². The van der Waals surface area contributed by atoms with Crippen LogP contribution in [0.3, 0.4) is 0 Å². The number of nitrogens with one attached hydrogen (secondary N) is 1. The van der Waals surface area contributed by atoms with Crippen molar-refractivity contribution in [2.24, 2.45) is 0 Å². The Morgan fingerprint density at radius 2 is 1.92 bits per heavy atom. The summed E-state index contributed by atoms with van der Waals surface area (Å²) in [6, 6.07) is 6.54. The van der Waals surface area contributed by atoms with Crippen LogP contribution in [0.1, 0.15) is 35.8 Å². The number of aromatic nitrogens is 3. The number of hydrogen-bond acceptors (Lipinski definition) is 5. The van der Waals surface area contributed by atoms with Crippen LogP contribution in [0.4, 0.5) is 24.1 Å². The summed E-state index contributed by atoms with van der Waals surface area (Å²) >= 11 is 1.34. The summed E-state index contributed by atoms with van der Waals surface area (Å²) < 4.78 is 40.0. The van der Waals surface area contributed by atoms with E-state index in [4.69, 9.17) is 0 Å². The molecule has 136 valence electrons. The van der Waals surface area contributed by atoms with E-state index in [-0.39, 0.29) is 17.3 Å². The van der Waals surface area contributed by atoms with Crippen LogP contribution in [-0.4, -0.2) is 15.0 Å². The summed E-state index contributed by atoms with van der Waals surface area (Å²) in [4.78, 5) is 13.7. The zero-order valence-electron chi connectivity index (χ0n) is 14.4. The Hall–Kier alpha value is -2.48. The Morgan fingerprint density at radius 1 is 1.15 bits per heavy atom. The fourth-order valence-corrected chi connectivity index (χ4v) is 3.37.